The van der Waals surface area contributed by atoms with Crippen molar-refractivity contribution >= 4 is 11.6 Å². The van der Waals surface area contributed by atoms with Gasteiger partial charge in [0.05, 0.1) is 5.69 Å². The zero-order valence-electron chi connectivity index (χ0n) is 12.5. The summed E-state index contributed by atoms with van der Waals surface area (Å²) in [4.78, 5) is 11.9. The fourth-order valence-electron chi connectivity index (χ4n) is 2.12. The van der Waals surface area contributed by atoms with Crippen LogP contribution in [-0.4, -0.2) is 32.7 Å². The van der Waals surface area contributed by atoms with Crippen LogP contribution in [0.15, 0.2) is 54.9 Å². The van der Waals surface area contributed by atoms with E-state index in [-0.39, 0.29) is 12.5 Å². The van der Waals surface area contributed by atoms with Gasteiger partial charge in [0.2, 0.25) is 0 Å². The molecule has 0 aliphatic rings. The lowest BCUT2D eigenvalue weighted by molar-refractivity contribution is -0.118. The highest BCUT2D eigenvalue weighted by atomic mass is 16.5. The van der Waals surface area contributed by atoms with E-state index in [1.807, 2.05) is 37.3 Å². The second-order valence-corrected chi connectivity index (χ2v) is 4.91. The fourth-order valence-corrected chi connectivity index (χ4v) is 2.12. The summed E-state index contributed by atoms with van der Waals surface area (Å²) >= 11 is 0. The second kappa shape index (κ2) is 6.69. The topological polar surface area (TPSA) is 81.9 Å². The zero-order valence-corrected chi connectivity index (χ0v) is 12.5. The SMILES string of the molecule is Cc1cc(NC(=O)COc2ccccc2)ccc1-n1cnnn1. The van der Waals surface area contributed by atoms with Crippen LogP contribution >= 0.6 is 0 Å². The molecule has 0 aliphatic carbocycles. The van der Waals surface area contributed by atoms with E-state index in [0.29, 0.717) is 11.4 Å². The third kappa shape index (κ3) is 3.70. The van der Waals surface area contributed by atoms with Gasteiger partial charge in [-0.05, 0) is 53.2 Å². The van der Waals surface area contributed by atoms with Crippen LogP contribution in [0.2, 0.25) is 0 Å². The number of tetrazole rings is 1. The van der Waals surface area contributed by atoms with E-state index in [2.05, 4.69) is 20.8 Å². The monoisotopic (exact) mass is 309 g/mol. The van der Waals surface area contributed by atoms with E-state index in [1.165, 1.54) is 6.33 Å². The molecule has 23 heavy (non-hydrogen) atoms. The number of hydrogen-bond donors (Lipinski definition) is 1. The van der Waals surface area contributed by atoms with Gasteiger partial charge < -0.3 is 10.1 Å². The number of para-hydroxylation sites is 1. The number of amides is 1. The highest BCUT2D eigenvalue weighted by Crippen LogP contribution is 2.18. The molecule has 1 amide bonds. The summed E-state index contributed by atoms with van der Waals surface area (Å²) in [5.41, 5.74) is 2.49. The highest BCUT2D eigenvalue weighted by molar-refractivity contribution is 5.92. The van der Waals surface area contributed by atoms with Crippen LogP contribution in [0, 0.1) is 6.92 Å². The molecule has 0 aliphatic heterocycles. The molecule has 0 radical (unpaired) electrons. The van der Waals surface area contributed by atoms with Crippen LogP contribution in [-0.2, 0) is 4.79 Å². The first-order chi connectivity index (χ1) is 11.2. The van der Waals surface area contributed by atoms with E-state index in [4.69, 9.17) is 4.74 Å². The number of aromatic nitrogens is 4. The van der Waals surface area contributed by atoms with Gasteiger partial charge in [0.25, 0.3) is 5.91 Å². The third-order valence-corrected chi connectivity index (χ3v) is 3.19. The predicted molar refractivity (Wildman–Crippen MR) is 84.5 cm³/mol. The van der Waals surface area contributed by atoms with E-state index in [0.717, 1.165) is 11.3 Å². The third-order valence-electron chi connectivity index (χ3n) is 3.19. The van der Waals surface area contributed by atoms with Gasteiger partial charge in [0.15, 0.2) is 6.61 Å². The lowest BCUT2D eigenvalue weighted by atomic mass is 10.2. The largest absolute Gasteiger partial charge is 0.484 e. The maximum Gasteiger partial charge on any atom is 0.262 e. The molecule has 116 valence electrons. The van der Waals surface area contributed by atoms with Crippen LogP contribution in [0.25, 0.3) is 5.69 Å². The lowest BCUT2D eigenvalue weighted by Crippen LogP contribution is -2.20. The quantitative estimate of drug-likeness (QED) is 0.779. The van der Waals surface area contributed by atoms with Crippen molar-refractivity contribution in [3.63, 3.8) is 0 Å². The zero-order chi connectivity index (χ0) is 16.1. The van der Waals surface area contributed by atoms with Gasteiger partial charge in [0.1, 0.15) is 12.1 Å². The summed E-state index contributed by atoms with van der Waals surface area (Å²) in [6, 6.07) is 14.7. The van der Waals surface area contributed by atoms with Crippen LogP contribution in [0.5, 0.6) is 5.75 Å². The van der Waals surface area contributed by atoms with E-state index < -0.39 is 0 Å². The average molecular weight is 309 g/mol. The molecule has 3 rings (SSSR count). The van der Waals surface area contributed by atoms with Crippen LogP contribution in [0.1, 0.15) is 5.56 Å². The van der Waals surface area contributed by atoms with Crippen molar-refractivity contribution in [3.8, 4) is 11.4 Å². The van der Waals surface area contributed by atoms with Gasteiger partial charge in [-0.2, -0.15) is 0 Å². The first kappa shape index (κ1) is 14.7. The minimum Gasteiger partial charge on any atom is -0.484 e. The fraction of sp³-hybridized carbons (Fsp3) is 0.125. The number of ether oxygens (including phenoxy) is 1. The number of carbonyl (C=O) groups excluding carboxylic acids is 1. The Balaban J connectivity index is 1.62. The van der Waals surface area contributed by atoms with Gasteiger partial charge in [-0.3, -0.25) is 4.79 Å². The maximum atomic E-state index is 11.9. The van der Waals surface area contributed by atoms with Crippen molar-refractivity contribution in [2.75, 3.05) is 11.9 Å². The standard InChI is InChI=1S/C16H15N5O2/c1-12-9-13(7-8-15(12)21-11-17-19-20-21)18-16(22)10-23-14-5-3-2-4-6-14/h2-9,11H,10H2,1H3,(H,18,22). The first-order valence-corrected chi connectivity index (χ1v) is 7.04. The van der Waals surface area contributed by atoms with Crippen molar-refractivity contribution in [3.05, 3.63) is 60.4 Å². The molecule has 7 nitrogen and oxygen atoms in total. The minimum atomic E-state index is -0.219. The Kier molecular flexibility index (Phi) is 4.28. The van der Waals surface area contributed by atoms with E-state index in [9.17, 15) is 4.79 Å². The normalized spacial score (nSPS) is 10.3. The molecule has 0 saturated carbocycles. The van der Waals surface area contributed by atoms with Crippen molar-refractivity contribution in [2.45, 2.75) is 6.92 Å². The summed E-state index contributed by atoms with van der Waals surface area (Å²) < 4.78 is 6.98. The molecule has 0 spiro atoms. The Morgan fingerprint density at radius 3 is 2.74 bits per heavy atom. The molecule has 0 unspecified atom stereocenters. The van der Waals surface area contributed by atoms with Gasteiger partial charge in [-0.1, -0.05) is 18.2 Å². The summed E-state index contributed by atoms with van der Waals surface area (Å²) in [7, 11) is 0. The number of carbonyl (C=O) groups is 1. The van der Waals surface area contributed by atoms with Crippen molar-refractivity contribution in [1.82, 2.24) is 20.2 Å². The average Bonchev–Trinajstić information content (AvgIpc) is 3.08. The van der Waals surface area contributed by atoms with Crippen LogP contribution < -0.4 is 10.1 Å². The number of benzene rings is 2. The second-order valence-electron chi connectivity index (χ2n) is 4.91. The highest BCUT2D eigenvalue weighted by Gasteiger charge is 2.07. The summed E-state index contributed by atoms with van der Waals surface area (Å²) in [6.45, 7) is 1.88. The molecule has 0 atom stereocenters. The summed E-state index contributed by atoms with van der Waals surface area (Å²) in [6.07, 6.45) is 1.52. The molecule has 7 heteroatoms. The van der Waals surface area contributed by atoms with Gasteiger partial charge in [-0.15, -0.1) is 5.10 Å². The summed E-state index contributed by atoms with van der Waals surface area (Å²) in [5.74, 6) is 0.441. The van der Waals surface area contributed by atoms with E-state index >= 15 is 0 Å². The minimum absolute atomic E-state index is 0.0438. The Morgan fingerprint density at radius 1 is 1.22 bits per heavy atom. The summed E-state index contributed by atoms with van der Waals surface area (Å²) in [5, 5.41) is 13.9. The van der Waals surface area contributed by atoms with Crippen molar-refractivity contribution in [2.24, 2.45) is 0 Å². The molecular weight excluding hydrogens is 294 g/mol. The Labute approximate surface area is 132 Å². The predicted octanol–water partition coefficient (Wildman–Crippen LogP) is 1.99. The Hall–Kier alpha value is -3.22. The molecular formula is C16H15N5O2. The smallest absolute Gasteiger partial charge is 0.262 e. The Bertz CT molecular complexity index is 787. The number of hydrogen-bond acceptors (Lipinski definition) is 5. The molecule has 3 aromatic rings. The van der Waals surface area contributed by atoms with Crippen LogP contribution in [0.3, 0.4) is 0 Å². The lowest BCUT2D eigenvalue weighted by Gasteiger charge is -2.10. The molecule has 0 bridgehead atoms. The van der Waals surface area contributed by atoms with Crippen LogP contribution in [0.4, 0.5) is 5.69 Å². The van der Waals surface area contributed by atoms with Gasteiger partial charge >= 0.3 is 0 Å². The number of nitrogens with one attached hydrogen (secondary N) is 1. The van der Waals surface area contributed by atoms with Gasteiger partial charge in [0, 0.05) is 5.69 Å². The van der Waals surface area contributed by atoms with E-state index in [1.54, 1.807) is 22.9 Å². The molecule has 0 fully saturated rings. The molecule has 1 N–H and O–H groups in total. The molecule has 2 aromatic carbocycles. The first-order valence-electron chi connectivity index (χ1n) is 7.04. The number of nitrogens with zero attached hydrogens (tertiary/aromatic N) is 4. The van der Waals surface area contributed by atoms with Crippen molar-refractivity contribution < 1.29 is 9.53 Å². The molecule has 1 aromatic heterocycles. The molecule has 0 saturated heterocycles. The van der Waals surface area contributed by atoms with Crippen molar-refractivity contribution in [1.29, 1.82) is 0 Å². The number of anilines is 1. The maximum absolute atomic E-state index is 11.9. The number of aryl methyl sites for hydroxylation is 1. The number of rotatable bonds is 5. The van der Waals surface area contributed by atoms with Gasteiger partial charge in [-0.25, -0.2) is 4.68 Å². The Morgan fingerprint density at radius 2 is 2.04 bits per heavy atom. The molecule has 1 heterocycles.